The van der Waals surface area contributed by atoms with Crippen molar-refractivity contribution in [2.24, 2.45) is 4.99 Å². The first-order valence-corrected chi connectivity index (χ1v) is 10.6. The Kier molecular flexibility index (Phi) is 10.5. The highest BCUT2D eigenvalue weighted by Gasteiger charge is 2.09. The monoisotopic (exact) mass is 551 g/mol. The summed E-state index contributed by atoms with van der Waals surface area (Å²) in [7, 11) is 1.81. The Morgan fingerprint density at radius 1 is 1.16 bits per heavy atom. The molecule has 0 atom stereocenters. The number of hydrogen-bond acceptors (Lipinski definition) is 2. The van der Waals surface area contributed by atoms with Crippen molar-refractivity contribution in [3.8, 4) is 0 Å². The van der Waals surface area contributed by atoms with Crippen LogP contribution < -0.4 is 10.6 Å². The fraction of sp³-hybridized carbons (Fsp3) is 0.333. The molecule has 0 aliphatic heterocycles. The number of benzene rings is 2. The summed E-state index contributed by atoms with van der Waals surface area (Å²) >= 11 is 0. The van der Waals surface area contributed by atoms with Crippen LogP contribution in [-0.2, 0) is 17.8 Å². The summed E-state index contributed by atoms with van der Waals surface area (Å²) in [4.78, 5) is 21.8. The van der Waals surface area contributed by atoms with Crippen molar-refractivity contribution in [1.82, 2.24) is 20.5 Å². The van der Waals surface area contributed by atoms with Crippen molar-refractivity contribution < 1.29 is 9.18 Å². The fourth-order valence-electron chi connectivity index (χ4n) is 3.41. The number of aromatic nitrogens is 1. The SMILES string of the molecule is CCNC(=NCCC(=O)N(C)Cc1ccccc1)NCCc1c[nH]c2ccc(F)cc12.I. The van der Waals surface area contributed by atoms with Crippen LogP contribution in [0.15, 0.2) is 59.7 Å². The lowest BCUT2D eigenvalue weighted by molar-refractivity contribution is -0.130. The molecule has 0 unspecified atom stereocenters. The maximum Gasteiger partial charge on any atom is 0.224 e. The molecule has 1 amide bonds. The van der Waals surface area contributed by atoms with Crippen LogP contribution in [0, 0.1) is 5.82 Å². The summed E-state index contributed by atoms with van der Waals surface area (Å²) < 4.78 is 13.5. The molecule has 0 bridgehead atoms. The standard InChI is InChI=1S/C24H30FN5O.HI/c1-3-26-24(27-13-11-19-16-29-22-10-9-20(25)15-21(19)22)28-14-12-23(31)30(2)17-18-7-5-4-6-8-18;/h4-10,15-16,29H,3,11-14,17H2,1-2H3,(H2,26,27,28);1H. The molecule has 172 valence electrons. The van der Waals surface area contributed by atoms with Gasteiger partial charge in [-0.25, -0.2) is 4.39 Å². The highest BCUT2D eigenvalue weighted by Crippen LogP contribution is 2.19. The molecule has 0 radical (unpaired) electrons. The zero-order valence-corrected chi connectivity index (χ0v) is 20.9. The number of fused-ring (bicyclic) bond motifs is 1. The van der Waals surface area contributed by atoms with Crippen LogP contribution in [0.3, 0.4) is 0 Å². The van der Waals surface area contributed by atoms with Gasteiger partial charge in [0.2, 0.25) is 5.91 Å². The van der Waals surface area contributed by atoms with Gasteiger partial charge < -0.3 is 20.5 Å². The molecule has 6 nitrogen and oxygen atoms in total. The number of amides is 1. The number of carbonyl (C=O) groups is 1. The van der Waals surface area contributed by atoms with E-state index in [0.29, 0.717) is 32.0 Å². The quantitative estimate of drug-likeness (QED) is 0.213. The predicted molar refractivity (Wildman–Crippen MR) is 139 cm³/mol. The molecule has 32 heavy (non-hydrogen) atoms. The van der Waals surface area contributed by atoms with E-state index >= 15 is 0 Å². The van der Waals surface area contributed by atoms with Gasteiger partial charge in [0.15, 0.2) is 5.96 Å². The first kappa shape index (κ1) is 25.6. The second-order valence-corrected chi connectivity index (χ2v) is 7.43. The van der Waals surface area contributed by atoms with Crippen LogP contribution in [-0.4, -0.2) is 48.4 Å². The van der Waals surface area contributed by atoms with Crippen LogP contribution in [0.25, 0.3) is 10.9 Å². The molecule has 1 heterocycles. The van der Waals surface area contributed by atoms with E-state index < -0.39 is 0 Å². The third kappa shape index (κ3) is 7.51. The number of guanidine groups is 1. The van der Waals surface area contributed by atoms with Gasteiger partial charge in [-0.15, -0.1) is 24.0 Å². The van der Waals surface area contributed by atoms with E-state index in [2.05, 4.69) is 20.6 Å². The van der Waals surface area contributed by atoms with E-state index in [1.54, 1.807) is 17.0 Å². The van der Waals surface area contributed by atoms with Crippen molar-refractivity contribution >= 4 is 46.7 Å². The Bertz CT molecular complexity index is 1020. The number of carbonyl (C=O) groups excluding carboxylic acids is 1. The van der Waals surface area contributed by atoms with Gasteiger partial charge in [-0.1, -0.05) is 30.3 Å². The molecule has 0 spiro atoms. The van der Waals surface area contributed by atoms with Gasteiger partial charge in [0.25, 0.3) is 0 Å². The Morgan fingerprint density at radius 2 is 1.94 bits per heavy atom. The Labute approximate surface area is 205 Å². The van der Waals surface area contributed by atoms with Gasteiger partial charge in [0, 0.05) is 50.2 Å². The summed E-state index contributed by atoms with van der Waals surface area (Å²) in [6.07, 6.45) is 2.99. The number of hydrogen-bond donors (Lipinski definition) is 3. The number of halogens is 2. The minimum atomic E-state index is -0.238. The highest BCUT2D eigenvalue weighted by atomic mass is 127. The maximum absolute atomic E-state index is 13.5. The first-order chi connectivity index (χ1) is 15.1. The summed E-state index contributed by atoms with van der Waals surface area (Å²) in [6.45, 7) is 4.38. The summed E-state index contributed by atoms with van der Waals surface area (Å²) in [5.41, 5.74) is 3.08. The molecule has 3 N–H and O–H groups in total. The molecule has 0 aliphatic rings. The largest absolute Gasteiger partial charge is 0.361 e. The first-order valence-electron chi connectivity index (χ1n) is 10.6. The zero-order chi connectivity index (χ0) is 22.1. The highest BCUT2D eigenvalue weighted by molar-refractivity contribution is 14.0. The van der Waals surface area contributed by atoms with Gasteiger partial charge in [-0.2, -0.15) is 0 Å². The van der Waals surface area contributed by atoms with Gasteiger partial charge in [-0.3, -0.25) is 9.79 Å². The number of H-pyrrole nitrogens is 1. The third-order valence-electron chi connectivity index (χ3n) is 5.04. The van der Waals surface area contributed by atoms with E-state index in [4.69, 9.17) is 0 Å². The molecule has 0 saturated heterocycles. The average Bonchev–Trinajstić information content (AvgIpc) is 3.16. The molecule has 3 aromatic rings. The Morgan fingerprint density at radius 3 is 2.69 bits per heavy atom. The van der Waals surface area contributed by atoms with Gasteiger partial charge in [0.05, 0.1) is 6.54 Å². The lowest BCUT2D eigenvalue weighted by Crippen LogP contribution is -2.38. The van der Waals surface area contributed by atoms with E-state index in [-0.39, 0.29) is 35.7 Å². The number of aromatic amines is 1. The summed E-state index contributed by atoms with van der Waals surface area (Å²) in [6, 6.07) is 14.7. The van der Waals surface area contributed by atoms with Crippen molar-refractivity contribution in [3.05, 3.63) is 71.7 Å². The van der Waals surface area contributed by atoms with E-state index in [9.17, 15) is 9.18 Å². The number of nitrogens with zero attached hydrogens (tertiary/aromatic N) is 2. The zero-order valence-electron chi connectivity index (χ0n) is 18.5. The summed E-state index contributed by atoms with van der Waals surface area (Å²) in [5, 5.41) is 7.38. The lowest BCUT2D eigenvalue weighted by Gasteiger charge is -2.17. The lowest BCUT2D eigenvalue weighted by atomic mass is 10.1. The number of rotatable bonds is 9. The average molecular weight is 551 g/mol. The smallest absolute Gasteiger partial charge is 0.224 e. The third-order valence-corrected chi connectivity index (χ3v) is 5.04. The molecule has 2 aromatic carbocycles. The Balaban J connectivity index is 0.00000363. The second-order valence-electron chi connectivity index (χ2n) is 7.43. The molecule has 1 aromatic heterocycles. The topological polar surface area (TPSA) is 72.5 Å². The normalized spacial score (nSPS) is 11.2. The van der Waals surface area contributed by atoms with Gasteiger partial charge >= 0.3 is 0 Å². The van der Waals surface area contributed by atoms with Crippen LogP contribution in [0.2, 0.25) is 0 Å². The molecular weight excluding hydrogens is 520 g/mol. The molecule has 0 fully saturated rings. The Hall–Kier alpha value is -2.62. The van der Waals surface area contributed by atoms with E-state index in [1.165, 1.54) is 6.07 Å². The van der Waals surface area contributed by atoms with Crippen LogP contribution in [0.4, 0.5) is 4.39 Å². The minimum Gasteiger partial charge on any atom is -0.361 e. The second kappa shape index (κ2) is 13.0. The van der Waals surface area contributed by atoms with E-state index in [1.807, 2.05) is 50.5 Å². The molecule has 0 aliphatic carbocycles. The molecule has 3 rings (SSSR count). The molecule has 0 saturated carbocycles. The molecule has 8 heteroatoms. The fourth-order valence-corrected chi connectivity index (χ4v) is 3.41. The number of nitrogens with one attached hydrogen (secondary N) is 3. The van der Waals surface area contributed by atoms with Crippen LogP contribution >= 0.6 is 24.0 Å². The maximum atomic E-state index is 13.5. The summed E-state index contributed by atoms with van der Waals surface area (Å²) in [5.74, 6) is 0.495. The van der Waals surface area contributed by atoms with Gasteiger partial charge in [-0.05, 0) is 42.7 Å². The minimum absolute atomic E-state index is 0. The molecular formula is C24H31FIN5O. The van der Waals surface area contributed by atoms with E-state index in [0.717, 1.165) is 35.0 Å². The van der Waals surface area contributed by atoms with Gasteiger partial charge in [0.1, 0.15) is 5.82 Å². The van der Waals surface area contributed by atoms with Crippen LogP contribution in [0.1, 0.15) is 24.5 Å². The van der Waals surface area contributed by atoms with Crippen molar-refractivity contribution in [3.63, 3.8) is 0 Å². The number of aliphatic imine (C=N–C) groups is 1. The van der Waals surface area contributed by atoms with Crippen molar-refractivity contribution in [2.45, 2.75) is 26.3 Å². The van der Waals surface area contributed by atoms with Crippen molar-refractivity contribution in [1.29, 1.82) is 0 Å². The van der Waals surface area contributed by atoms with Crippen LogP contribution in [0.5, 0.6) is 0 Å². The van der Waals surface area contributed by atoms with Crippen molar-refractivity contribution in [2.75, 3.05) is 26.7 Å². The predicted octanol–water partition coefficient (Wildman–Crippen LogP) is 4.07.